The van der Waals surface area contributed by atoms with Crippen LogP contribution in [0, 0.1) is 0 Å². The van der Waals surface area contributed by atoms with Crippen LogP contribution < -0.4 is 9.47 Å². The summed E-state index contributed by atoms with van der Waals surface area (Å²) in [6, 6.07) is 14.4. The average Bonchev–Trinajstić information content (AvgIpc) is 2.64. The van der Waals surface area contributed by atoms with Gasteiger partial charge in [0.15, 0.2) is 11.5 Å². The molecule has 0 atom stereocenters. The Morgan fingerprint density at radius 1 is 0.885 bits per heavy atom. The molecule has 1 aliphatic rings. The van der Waals surface area contributed by atoms with Gasteiger partial charge in [0, 0.05) is 44.3 Å². The molecule has 0 N–H and O–H groups in total. The molecular formula is C21H27ClN2O2. The maximum absolute atomic E-state index is 6.09. The van der Waals surface area contributed by atoms with Gasteiger partial charge >= 0.3 is 0 Å². The number of methoxy groups -OCH3 is 1. The van der Waals surface area contributed by atoms with Crippen molar-refractivity contribution in [1.82, 2.24) is 9.80 Å². The summed E-state index contributed by atoms with van der Waals surface area (Å²) in [4.78, 5) is 4.98. The molecule has 2 aromatic carbocycles. The predicted molar refractivity (Wildman–Crippen MR) is 106 cm³/mol. The predicted octanol–water partition coefficient (Wildman–Crippen LogP) is 4.07. The highest BCUT2D eigenvalue weighted by atomic mass is 35.5. The van der Waals surface area contributed by atoms with Crippen molar-refractivity contribution in [3.05, 3.63) is 58.6 Å². The van der Waals surface area contributed by atoms with Crippen molar-refractivity contribution in [1.29, 1.82) is 0 Å². The zero-order valence-corrected chi connectivity index (χ0v) is 16.3. The Hall–Kier alpha value is -1.75. The van der Waals surface area contributed by atoms with Gasteiger partial charge in [-0.25, -0.2) is 0 Å². The Kier molecular flexibility index (Phi) is 6.78. The molecular weight excluding hydrogens is 348 g/mol. The van der Waals surface area contributed by atoms with Gasteiger partial charge < -0.3 is 9.47 Å². The van der Waals surface area contributed by atoms with Gasteiger partial charge in [0.25, 0.3) is 0 Å². The van der Waals surface area contributed by atoms with Crippen LogP contribution in [0.5, 0.6) is 11.5 Å². The lowest BCUT2D eigenvalue weighted by atomic mass is 10.1. The third kappa shape index (κ3) is 5.13. The van der Waals surface area contributed by atoms with Crippen molar-refractivity contribution >= 4 is 11.6 Å². The summed E-state index contributed by atoms with van der Waals surface area (Å²) in [6.07, 6.45) is 0. The second-order valence-electron chi connectivity index (χ2n) is 6.60. The standard InChI is InChI=1S/C21H27ClN2O2/c1-3-26-21-14-18(7-8-20(21)25-2)16-24-11-9-23(10-12-24)15-17-5-4-6-19(22)13-17/h4-8,13-14H,3,9-12,15-16H2,1-2H3. The minimum absolute atomic E-state index is 0.641. The lowest BCUT2D eigenvalue weighted by Gasteiger charge is -2.34. The van der Waals surface area contributed by atoms with Gasteiger partial charge in [0.2, 0.25) is 0 Å². The molecule has 0 unspecified atom stereocenters. The molecule has 3 rings (SSSR count). The van der Waals surface area contributed by atoms with E-state index in [2.05, 4.69) is 34.1 Å². The molecule has 5 heteroatoms. The second-order valence-corrected chi connectivity index (χ2v) is 7.04. The number of hydrogen-bond donors (Lipinski definition) is 0. The molecule has 2 aromatic rings. The van der Waals surface area contributed by atoms with Gasteiger partial charge in [-0.2, -0.15) is 0 Å². The van der Waals surface area contributed by atoms with Crippen molar-refractivity contribution in [2.75, 3.05) is 39.9 Å². The highest BCUT2D eigenvalue weighted by molar-refractivity contribution is 6.30. The highest BCUT2D eigenvalue weighted by Gasteiger charge is 2.18. The number of benzene rings is 2. The van der Waals surface area contributed by atoms with E-state index in [1.54, 1.807) is 7.11 Å². The molecule has 0 aromatic heterocycles. The minimum atomic E-state index is 0.641. The van der Waals surface area contributed by atoms with Crippen molar-refractivity contribution in [3.63, 3.8) is 0 Å². The van der Waals surface area contributed by atoms with E-state index in [1.165, 1.54) is 11.1 Å². The summed E-state index contributed by atoms with van der Waals surface area (Å²) >= 11 is 6.09. The minimum Gasteiger partial charge on any atom is -0.493 e. The van der Waals surface area contributed by atoms with E-state index in [-0.39, 0.29) is 0 Å². The van der Waals surface area contributed by atoms with Crippen LogP contribution in [-0.4, -0.2) is 49.7 Å². The van der Waals surface area contributed by atoms with Gasteiger partial charge in [-0.15, -0.1) is 0 Å². The van der Waals surface area contributed by atoms with Crippen molar-refractivity contribution in [2.45, 2.75) is 20.0 Å². The number of rotatable bonds is 7. The number of piperazine rings is 1. The molecule has 140 valence electrons. The molecule has 26 heavy (non-hydrogen) atoms. The summed E-state index contributed by atoms with van der Waals surface area (Å²) in [5, 5.41) is 0.811. The van der Waals surface area contributed by atoms with Crippen LogP contribution in [0.25, 0.3) is 0 Å². The van der Waals surface area contributed by atoms with E-state index >= 15 is 0 Å². The number of nitrogens with zero attached hydrogens (tertiary/aromatic N) is 2. The van der Waals surface area contributed by atoms with Crippen molar-refractivity contribution in [2.24, 2.45) is 0 Å². The van der Waals surface area contributed by atoms with E-state index in [4.69, 9.17) is 21.1 Å². The van der Waals surface area contributed by atoms with Gasteiger partial charge in [0.1, 0.15) is 0 Å². The van der Waals surface area contributed by atoms with Gasteiger partial charge in [-0.1, -0.05) is 29.8 Å². The van der Waals surface area contributed by atoms with Crippen molar-refractivity contribution < 1.29 is 9.47 Å². The third-order valence-electron chi connectivity index (χ3n) is 4.69. The Labute approximate surface area is 161 Å². The first-order chi connectivity index (χ1) is 12.7. The van der Waals surface area contributed by atoms with E-state index in [1.807, 2.05) is 25.1 Å². The Balaban J connectivity index is 1.53. The van der Waals surface area contributed by atoms with E-state index < -0.39 is 0 Å². The van der Waals surface area contributed by atoms with Crippen molar-refractivity contribution in [3.8, 4) is 11.5 Å². The average molecular weight is 375 g/mol. The van der Waals surface area contributed by atoms with Crippen LogP contribution in [0.1, 0.15) is 18.1 Å². The summed E-state index contributed by atoms with van der Waals surface area (Å²) in [5.41, 5.74) is 2.54. The maximum atomic E-state index is 6.09. The van der Waals surface area contributed by atoms with Crippen LogP contribution in [0.2, 0.25) is 5.02 Å². The smallest absolute Gasteiger partial charge is 0.161 e. The normalized spacial score (nSPS) is 15.8. The largest absolute Gasteiger partial charge is 0.493 e. The monoisotopic (exact) mass is 374 g/mol. The molecule has 0 aliphatic carbocycles. The van der Waals surface area contributed by atoms with Crippen LogP contribution in [-0.2, 0) is 13.1 Å². The van der Waals surface area contributed by atoms with Crippen LogP contribution in [0.4, 0.5) is 0 Å². The molecule has 1 heterocycles. The van der Waals surface area contributed by atoms with Crippen LogP contribution in [0.3, 0.4) is 0 Å². The SMILES string of the molecule is CCOc1cc(CN2CCN(Cc3cccc(Cl)c3)CC2)ccc1OC. The fourth-order valence-electron chi connectivity index (χ4n) is 3.35. The van der Waals surface area contributed by atoms with E-state index in [0.29, 0.717) is 6.61 Å². The Morgan fingerprint density at radius 3 is 2.12 bits per heavy atom. The maximum Gasteiger partial charge on any atom is 0.161 e. The lowest BCUT2D eigenvalue weighted by molar-refractivity contribution is 0.122. The molecule has 0 saturated carbocycles. The molecule has 1 saturated heterocycles. The first kappa shape index (κ1) is 19.0. The molecule has 0 bridgehead atoms. The first-order valence-electron chi connectivity index (χ1n) is 9.17. The number of halogens is 1. The number of hydrogen-bond acceptors (Lipinski definition) is 4. The van der Waals surface area contributed by atoms with Gasteiger partial charge in [-0.05, 0) is 42.3 Å². The number of ether oxygens (including phenoxy) is 2. The lowest BCUT2D eigenvalue weighted by Crippen LogP contribution is -2.45. The van der Waals surface area contributed by atoms with Crippen LogP contribution >= 0.6 is 11.6 Å². The second kappa shape index (κ2) is 9.26. The molecule has 0 radical (unpaired) electrons. The highest BCUT2D eigenvalue weighted by Crippen LogP contribution is 2.28. The summed E-state index contributed by atoms with van der Waals surface area (Å²) in [7, 11) is 1.68. The first-order valence-corrected chi connectivity index (χ1v) is 9.54. The molecule has 1 aliphatic heterocycles. The zero-order valence-electron chi connectivity index (χ0n) is 15.6. The quantitative estimate of drug-likeness (QED) is 0.729. The summed E-state index contributed by atoms with van der Waals surface area (Å²) in [5.74, 6) is 1.62. The molecule has 0 amide bonds. The summed E-state index contributed by atoms with van der Waals surface area (Å²) < 4.78 is 11.1. The van der Waals surface area contributed by atoms with E-state index in [0.717, 1.165) is 55.8 Å². The van der Waals surface area contributed by atoms with Gasteiger partial charge in [0.05, 0.1) is 13.7 Å². The fraction of sp³-hybridized carbons (Fsp3) is 0.429. The van der Waals surface area contributed by atoms with E-state index in [9.17, 15) is 0 Å². The molecule has 1 fully saturated rings. The third-order valence-corrected chi connectivity index (χ3v) is 4.93. The fourth-order valence-corrected chi connectivity index (χ4v) is 3.56. The molecule has 4 nitrogen and oxygen atoms in total. The summed E-state index contributed by atoms with van der Waals surface area (Å²) in [6.45, 7) is 8.81. The topological polar surface area (TPSA) is 24.9 Å². The molecule has 0 spiro atoms. The zero-order chi connectivity index (χ0) is 18.4. The Bertz CT molecular complexity index is 715. The Morgan fingerprint density at radius 2 is 1.54 bits per heavy atom. The van der Waals surface area contributed by atoms with Crippen LogP contribution in [0.15, 0.2) is 42.5 Å². The van der Waals surface area contributed by atoms with Gasteiger partial charge in [-0.3, -0.25) is 9.80 Å².